The van der Waals surface area contributed by atoms with Crippen molar-refractivity contribution in [3.05, 3.63) is 23.6 Å². The number of nitrogens with zero attached hydrogens (tertiary/aromatic N) is 4. The molecule has 9 heteroatoms. The molecule has 0 spiro atoms. The number of anilines is 1. The minimum absolute atomic E-state index is 0.0302. The lowest BCUT2D eigenvalue weighted by Crippen LogP contribution is -2.25. The number of rotatable bonds is 3. The lowest BCUT2D eigenvalue weighted by atomic mass is 10.1. The molecule has 0 amide bonds. The summed E-state index contributed by atoms with van der Waals surface area (Å²) in [6, 6.07) is 0.0302. The summed E-state index contributed by atoms with van der Waals surface area (Å²) < 4.78 is 12.2. The van der Waals surface area contributed by atoms with Crippen molar-refractivity contribution in [3.8, 4) is 0 Å². The Labute approximate surface area is 150 Å². The van der Waals surface area contributed by atoms with E-state index in [4.69, 9.17) is 26.8 Å². The molecule has 1 aliphatic rings. The monoisotopic (exact) mass is 365 g/mol. The molecule has 0 unspecified atom stereocenters. The van der Waals surface area contributed by atoms with E-state index in [1.54, 1.807) is 27.1 Å². The van der Waals surface area contributed by atoms with Crippen LogP contribution in [0, 0.1) is 5.92 Å². The van der Waals surface area contributed by atoms with Gasteiger partial charge in [-0.2, -0.15) is 9.97 Å². The summed E-state index contributed by atoms with van der Waals surface area (Å²) in [6.45, 7) is 5.64. The molecule has 2 aromatic heterocycles. The highest BCUT2D eigenvalue weighted by molar-refractivity contribution is 6.33. The van der Waals surface area contributed by atoms with Crippen LogP contribution in [0.5, 0.6) is 0 Å². The Hall–Kier alpha value is -2.35. The van der Waals surface area contributed by atoms with Crippen LogP contribution >= 0.6 is 11.6 Å². The molecule has 2 atom stereocenters. The number of carbonyl (C=O) groups is 1. The van der Waals surface area contributed by atoms with Crippen molar-refractivity contribution in [3.63, 3.8) is 0 Å². The second-order valence-corrected chi connectivity index (χ2v) is 7.28. The van der Waals surface area contributed by atoms with Gasteiger partial charge in [-0.1, -0.05) is 23.8 Å². The molecule has 0 radical (unpaired) electrons. The highest BCUT2D eigenvalue weighted by atomic mass is 35.5. The van der Waals surface area contributed by atoms with Gasteiger partial charge in [-0.3, -0.25) is 0 Å². The van der Waals surface area contributed by atoms with Crippen LogP contribution in [0.4, 0.5) is 10.7 Å². The van der Waals surface area contributed by atoms with E-state index in [0.29, 0.717) is 11.2 Å². The highest BCUT2D eigenvalue weighted by Crippen LogP contribution is 2.31. The number of fused-ring (bicyclic) bond motifs is 1. The van der Waals surface area contributed by atoms with Crippen molar-refractivity contribution >= 4 is 34.9 Å². The molecule has 0 saturated carbocycles. The molecule has 0 fully saturated rings. The van der Waals surface area contributed by atoms with Crippen molar-refractivity contribution in [1.82, 2.24) is 19.5 Å². The molecule has 3 rings (SSSR count). The van der Waals surface area contributed by atoms with E-state index >= 15 is 0 Å². The third-order valence-electron chi connectivity index (χ3n) is 3.71. The van der Waals surface area contributed by atoms with Gasteiger partial charge < -0.3 is 19.8 Å². The molecule has 1 aliphatic carbocycles. The summed E-state index contributed by atoms with van der Waals surface area (Å²) in [6.07, 6.45) is 5.78. The van der Waals surface area contributed by atoms with Crippen LogP contribution in [0.3, 0.4) is 0 Å². The molecule has 2 heterocycles. The summed E-state index contributed by atoms with van der Waals surface area (Å²) in [7, 11) is 0. The first-order chi connectivity index (χ1) is 11.7. The number of carbonyl (C=O) groups excluding carboxylic acids is 1. The van der Waals surface area contributed by atoms with E-state index in [2.05, 4.69) is 15.0 Å². The molecule has 25 heavy (non-hydrogen) atoms. The second kappa shape index (κ2) is 6.51. The van der Waals surface area contributed by atoms with Crippen molar-refractivity contribution < 1.29 is 14.3 Å². The van der Waals surface area contributed by atoms with Gasteiger partial charge in [0.05, 0.1) is 12.4 Å². The average Bonchev–Trinajstić information content (AvgIpc) is 3.09. The number of nitrogens with two attached hydrogens (primary N) is 1. The van der Waals surface area contributed by atoms with Crippen molar-refractivity contribution in [2.24, 2.45) is 5.92 Å². The first-order valence-corrected chi connectivity index (χ1v) is 8.30. The van der Waals surface area contributed by atoms with Crippen LogP contribution in [0.25, 0.3) is 11.2 Å². The molecular weight excluding hydrogens is 346 g/mol. The lowest BCUT2D eigenvalue weighted by molar-refractivity contribution is -0.0111. The minimum atomic E-state index is -0.662. The predicted octanol–water partition coefficient (Wildman–Crippen LogP) is 3.13. The van der Waals surface area contributed by atoms with Crippen molar-refractivity contribution in [2.45, 2.75) is 38.8 Å². The highest BCUT2D eigenvalue weighted by Gasteiger charge is 2.25. The number of ether oxygens (including phenoxy) is 2. The van der Waals surface area contributed by atoms with Gasteiger partial charge in [0, 0.05) is 5.92 Å². The molecule has 0 bridgehead atoms. The first-order valence-electron chi connectivity index (χ1n) is 7.92. The van der Waals surface area contributed by atoms with E-state index < -0.39 is 11.8 Å². The molecule has 0 aromatic carbocycles. The van der Waals surface area contributed by atoms with Gasteiger partial charge in [0.1, 0.15) is 17.7 Å². The zero-order chi connectivity index (χ0) is 18.2. The van der Waals surface area contributed by atoms with Gasteiger partial charge in [-0.15, -0.1) is 0 Å². The van der Waals surface area contributed by atoms with Gasteiger partial charge in [0.25, 0.3) is 0 Å². The van der Waals surface area contributed by atoms with Crippen LogP contribution in [0.15, 0.2) is 18.5 Å². The molecular formula is C16H20ClN5O3. The Morgan fingerprint density at radius 2 is 2.16 bits per heavy atom. The average molecular weight is 366 g/mol. The van der Waals surface area contributed by atoms with Gasteiger partial charge >= 0.3 is 6.16 Å². The number of hydrogen-bond acceptors (Lipinski definition) is 7. The van der Waals surface area contributed by atoms with Gasteiger partial charge in [0.2, 0.25) is 5.95 Å². The quantitative estimate of drug-likeness (QED) is 0.506. The number of hydrogen-bond donors (Lipinski definition) is 1. The lowest BCUT2D eigenvalue weighted by Gasteiger charge is -2.20. The van der Waals surface area contributed by atoms with Crippen LogP contribution in [0.1, 0.15) is 33.2 Å². The third kappa shape index (κ3) is 4.01. The van der Waals surface area contributed by atoms with Gasteiger partial charge in [0.15, 0.2) is 10.8 Å². The molecule has 2 N–H and O–H groups in total. The Morgan fingerprint density at radius 1 is 1.40 bits per heavy atom. The van der Waals surface area contributed by atoms with Crippen LogP contribution in [-0.4, -0.2) is 37.9 Å². The van der Waals surface area contributed by atoms with Crippen LogP contribution in [0.2, 0.25) is 5.15 Å². The van der Waals surface area contributed by atoms with Crippen LogP contribution in [-0.2, 0) is 9.47 Å². The summed E-state index contributed by atoms with van der Waals surface area (Å²) in [5, 5.41) is 0.230. The number of imidazole rings is 1. The number of halogens is 1. The molecule has 134 valence electrons. The second-order valence-electron chi connectivity index (χ2n) is 6.92. The normalized spacial score (nSPS) is 20.2. The van der Waals surface area contributed by atoms with E-state index in [9.17, 15) is 4.79 Å². The summed E-state index contributed by atoms with van der Waals surface area (Å²) in [5.41, 5.74) is 6.20. The van der Waals surface area contributed by atoms with Crippen molar-refractivity contribution in [2.75, 3.05) is 12.3 Å². The van der Waals surface area contributed by atoms with Crippen LogP contribution < -0.4 is 5.73 Å². The fourth-order valence-electron chi connectivity index (χ4n) is 2.68. The summed E-state index contributed by atoms with van der Waals surface area (Å²) in [4.78, 5) is 24.0. The van der Waals surface area contributed by atoms with Gasteiger partial charge in [-0.05, 0) is 27.2 Å². The SMILES string of the molecule is CC(C)(C)OC(=O)OC[C@@H]1C=C[C@H](n2cnc3c(Cl)nc(N)nc32)C1. The maximum Gasteiger partial charge on any atom is 0.508 e. The third-order valence-corrected chi connectivity index (χ3v) is 3.97. The van der Waals surface area contributed by atoms with E-state index in [0.717, 1.165) is 6.42 Å². The predicted molar refractivity (Wildman–Crippen MR) is 93.2 cm³/mol. The molecule has 2 aromatic rings. The number of nitrogen functional groups attached to an aromatic ring is 1. The zero-order valence-corrected chi connectivity index (χ0v) is 15.0. The number of aromatic nitrogens is 4. The molecule has 0 saturated heterocycles. The van der Waals surface area contributed by atoms with Gasteiger partial charge in [-0.25, -0.2) is 9.78 Å². The standard InChI is InChI=1S/C16H20ClN5O3/c1-16(2,3)25-15(23)24-7-9-4-5-10(6-9)22-8-19-11-12(17)20-14(18)21-13(11)22/h4-5,8-10H,6-7H2,1-3H3,(H2,18,20,21)/t9-,10+/m1/s1. The minimum Gasteiger partial charge on any atom is -0.434 e. The molecule has 0 aliphatic heterocycles. The van der Waals surface area contributed by atoms with E-state index in [1.807, 2.05) is 16.7 Å². The number of allylic oxidation sites excluding steroid dienone is 1. The Balaban J connectivity index is 1.64. The topological polar surface area (TPSA) is 105 Å². The maximum absolute atomic E-state index is 11.6. The fourth-order valence-corrected chi connectivity index (χ4v) is 2.90. The summed E-state index contributed by atoms with van der Waals surface area (Å²) >= 11 is 6.05. The smallest absolute Gasteiger partial charge is 0.434 e. The van der Waals surface area contributed by atoms with E-state index in [1.165, 1.54) is 0 Å². The maximum atomic E-state index is 11.6. The molecule has 8 nitrogen and oxygen atoms in total. The van der Waals surface area contributed by atoms with Crippen molar-refractivity contribution in [1.29, 1.82) is 0 Å². The Bertz CT molecular complexity index is 827. The Kier molecular flexibility index (Phi) is 4.55. The largest absolute Gasteiger partial charge is 0.508 e. The Morgan fingerprint density at radius 3 is 2.88 bits per heavy atom. The van der Waals surface area contributed by atoms with E-state index in [-0.39, 0.29) is 29.7 Å². The summed E-state index contributed by atoms with van der Waals surface area (Å²) in [5.74, 6) is 0.190. The fraction of sp³-hybridized carbons (Fsp3) is 0.500. The zero-order valence-electron chi connectivity index (χ0n) is 14.3. The first kappa shape index (κ1) is 17.5.